The van der Waals surface area contributed by atoms with E-state index in [-0.39, 0.29) is 0 Å². The highest BCUT2D eigenvalue weighted by atomic mass is 35.5. The van der Waals surface area contributed by atoms with E-state index < -0.39 is 5.91 Å². The van der Waals surface area contributed by atoms with Crippen molar-refractivity contribution in [3.63, 3.8) is 0 Å². The van der Waals surface area contributed by atoms with E-state index in [4.69, 9.17) is 17.3 Å². The first kappa shape index (κ1) is 19.0. The average molecular weight is 370 g/mol. The van der Waals surface area contributed by atoms with E-state index in [1.807, 2.05) is 6.07 Å². The fourth-order valence-electron chi connectivity index (χ4n) is 3.88. The summed E-state index contributed by atoms with van der Waals surface area (Å²) < 4.78 is 0. The summed E-state index contributed by atoms with van der Waals surface area (Å²) in [5.41, 5.74) is 9.71. The van der Waals surface area contributed by atoms with Crippen molar-refractivity contribution in [3.05, 3.63) is 58.6 Å². The van der Waals surface area contributed by atoms with Crippen LogP contribution in [0, 0.1) is 11.3 Å². The van der Waals surface area contributed by atoms with E-state index in [0.29, 0.717) is 16.0 Å². The zero-order chi connectivity index (χ0) is 18.7. The van der Waals surface area contributed by atoms with Gasteiger partial charge in [-0.3, -0.25) is 4.79 Å². The largest absolute Gasteiger partial charge is 0.366 e. The summed E-state index contributed by atoms with van der Waals surface area (Å²) in [6.07, 6.45) is 7.85. The number of amides is 1. The second-order valence-corrected chi connectivity index (χ2v) is 8.87. The molecule has 0 unspecified atom stereocenters. The predicted octanol–water partition coefficient (Wildman–Crippen LogP) is 6.25. The first-order valence-corrected chi connectivity index (χ1v) is 9.90. The third-order valence-electron chi connectivity index (χ3n) is 5.77. The summed E-state index contributed by atoms with van der Waals surface area (Å²) in [7, 11) is 0. The van der Waals surface area contributed by atoms with Crippen LogP contribution in [0.1, 0.15) is 61.9 Å². The van der Waals surface area contributed by atoms with Crippen LogP contribution in [-0.2, 0) is 6.42 Å². The van der Waals surface area contributed by atoms with Gasteiger partial charge in [0, 0.05) is 10.6 Å². The molecule has 138 valence electrons. The minimum absolute atomic E-state index is 0.441. The van der Waals surface area contributed by atoms with Gasteiger partial charge in [-0.15, -0.1) is 0 Å². The monoisotopic (exact) mass is 369 g/mol. The molecule has 2 aromatic carbocycles. The van der Waals surface area contributed by atoms with Gasteiger partial charge in [0.25, 0.3) is 0 Å². The summed E-state index contributed by atoms with van der Waals surface area (Å²) in [5.74, 6) is 0.412. The highest BCUT2D eigenvalue weighted by Crippen LogP contribution is 2.39. The van der Waals surface area contributed by atoms with Gasteiger partial charge in [0.15, 0.2) is 0 Å². The number of benzene rings is 2. The van der Waals surface area contributed by atoms with Crippen molar-refractivity contribution in [1.29, 1.82) is 0 Å². The van der Waals surface area contributed by atoms with Gasteiger partial charge in [-0.05, 0) is 84.7 Å². The third-order valence-corrected chi connectivity index (χ3v) is 5.99. The van der Waals surface area contributed by atoms with Crippen LogP contribution in [0.4, 0.5) is 0 Å². The van der Waals surface area contributed by atoms with Gasteiger partial charge >= 0.3 is 0 Å². The van der Waals surface area contributed by atoms with E-state index in [2.05, 4.69) is 38.1 Å². The molecule has 26 heavy (non-hydrogen) atoms. The Kier molecular flexibility index (Phi) is 5.72. The van der Waals surface area contributed by atoms with Crippen LogP contribution in [0.3, 0.4) is 0 Å². The maximum Gasteiger partial charge on any atom is 0.248 e. The van der Waals surface area contributed by atoms with Crippen molar-refractivity contribution in [1.82, 2.24) is 0 Å². The minimum atomic E-state index is -0.457. The van der Waals surface area contributed by atoms with Gasteiger partial charge in [0.2, 0.25) is 5.91 Å². The molecule has 0 bridgehead atoms. The normalized spacial score (nSPS) is 17.2. The molecule has 1 fully saturated rings. The molecule has 0 heterocycles. The fraction of sp³-hybridized carbons (Fsp3) is 0.435. The second kappa shape index (κ2) is 7.84. The number of halogens is 1. The molecule has 0 spiro atoms. The van der Waals surface area contributed by atoms with E-state index in [1.54, 1.807) is 12.1 Å². The number of rotatable bonds is 5. The maximum atomic E-state index is 11.4. The van der Waals surface area contributed by atoms with Crippen LogP contribution in [-0.4, -0.2) is 5.91 Å². The Labute approximate surface area is 161 Å². The van der Waals surface area contributed by atoms with Crippen molar-refractivity contribution < 1.29 is 4.79 Å². The molecule has 1 amide bonds. The molecule has 2 aromatic rings. The Bertz CT molecular complexity index is 769. The molecular formula is C23H28ClNO. The van der Waals surface area contributed by atoms with Gasteiger partial charge in [-0.1, -0.05) is 49.7 Å². The topological polar surface area (TPSA) is 43.1 Å². The Balaban J connectivity index is 1.63. The van der Waals surface area contributed by atoms with E-state index >= 15 is 0 Å². The summed E-state index contributed by atoms with van der Waals surface area (Å²) in [4.78, 5) is 11.4. The Morgan fingerprint density at radius 2 is 1.73 bits per heavy atom. The van der Waals surface area contributed by atoms with Gasteiger partial charge < -0.3 is 5.73 Å². The van der Waals surface area contributed by atoms with Crippen molar-refractivity contribution in [2.75, 3.05) is 0 Å². The van der Waals surface area contributed by atoms with Crippen molar-refractivity contribution in [2.45, 2.75) is 52.4 Å². The smallest absolute Gasteiger partial charge is 0.248 e. The van der Waals surface area contributed by atoms with Crippen molar-refractivity contribution in [2.24, 2.45) is 17.1 Å². The van der Waals surface area contributed by atoms with Crippen LogP contribution < -0.4 is 5.73 Å². The Morgan fingerprint density at radius 1 is 1.08 bits per heavy atom. The van der Waals surface area contributed by atoms with E-state index in [9.17, 15) is 4.79 Å². The molecule has 0 radical (unpaired) electrons. The van der Waals surface area contributed by atoms with E-state index in [0.717, 1.165) is 23.5 Å². The summed E-state index contributed by atoms with van der Waals surface area (Å²) >= 11 is 6.12. The number of hydrogen-bond donors (Lipinski definition) is 1. The van der Waals surface area contributed by atoms with Crippen LogP contribution in [0.15, 0.2) is 42.5 Å². The lowest BCUT2D eigenvalue weighted by molar-refractivity contribution is 0.100. The number of primary amides is 1. The standard InChI is InChI=1S/C23H28ClNO/c1-23(2)11-9-17(10-12-23)4-3-16-5-7-18(8-6-16)19-13-20(22(25)26)15-21(24)14-19/h5-8,13-15,17H,3-4,9-12H2,1-2H3,(H2,25,26). The van der Waals surface area contributed by atoms with Crippen LogP contribution in [0.5, 0.6) is 0 Å². The van der Waals surface area contributed by atoms with E-state index in [1.165, 1.54) is 37.7 Å². The minimum Gasteiger partial charge on any atom is -0.366 e. The first-order chi connectivity index (χ1) is 12.3. The molecule has 0 aromatic heterocycles. The van der Waals surface area contributed by atoms with Crippen molar-refractivity contribution in [3.8, 4) is 11.1 Å². The van der Waals surface area contributed by atoms with Crippen LogP contribution in [0.25, 0.3) is 11.1 Å². The summed E-state index contributed by atoms with van der Waals surface area (Å²) in [5, 5.41) is 0.528. The van der Waals surface area contributed by atoms with Crippen LogP contribution in [0.2, 0.25) is 5.02 Å². The summed E-state index contributed by atoms with van der Waals surface area (Å²) in [6, 6.07) is 13.9. The highest BCUT2D eigenvalue weighted by molar-refractivity contribution is 6.31. The average Bonchev–Trinajstić information content (AvgIpc) is 2.60. The number of hydrogen-bond acceptors (Lipinski definition) is 1. The van der Waals surface area contributed by atoms with Crippen molar-refractivity contribution >= 4 is 17.5 Å². The molecule has 1 aliphatic rings. The Hall–Kier alpha value is -1.80. The number of nitrogens with two attached hydrogens (primary N) is 1. The lowest BCUT2D eigenvalue weighted by atomic mass is 9.72. The molecule has 0 saturated heterocycles. The molecular weight excluding hydrogens is 342 g/mol. The van der Waals surface area contributed by atoms with Gasteiger partial charge in [-0.2, -0.15) is 0 Å². The van der Waals surface area contributed by atoms with Gasteiger partial charge in [-0.25, -0.2) is 0 Å². The molecule has 1 saturated carbocycles. The van der Waals surface area contributed by atoms with Gasteiger partial charge in [0.1, 0.15) is 0 Å². The molecule has 2 nitrogen and oxygen atoms in total. The molecule has 1 aliphatic carbocycles. The highest BCUT2D eigenvalue weighted by Gasteiger charge is 2.26. The molecule has 3 rings (SSSR count). The SMILES string of the molecule is CC1(C)CCC(CCc2ccc(-c3cc(Cl)cc(C(N)=O)c3)cc2)CC1. The molecule has 2 N–H and O–H groups in total. The fourth-order valence-corrected chi connectivity index (χ4v) is 4.12. The Morgan fingerprint density at radius 3 is 2.35 bits per heavy atom. The maximum absolute atomic E-state index is 11.4. The zero-order valence-corrected chi connectivity index (χ0v) is 16.5. The third kappa shape index (κ3) is 4.88. The molecule has 0 atom stereocenters. The number of carbonyl (C=O) groups is 1. The lowest BCUT2D eigenvalue weighted by Gasteiger charge is -2.34. The number of aryl methyl sites for hydroxylation is 1. The zero-order valence-electron chi connectivity index (χ0n) is 15.7. The summed E-state index contributed by atoms with van der Waals surface area (Å²) in [6.45, 7) is 4.78. The molecule has 3 heteroatoms. The molecule has 0 aliphatic heterocycles. The predicted molar refractivity (Wildman–Crippen MR) is 109 cm³/mol. The van der Waals surface area contributed by atoms with Crippen LogP contribution >= 0.6 is 11.6 Å². The second-order valence-electron chi connectivity index (χ2n) is 8.44. The lowest BCUT2D eigenvalue weighted by Crippen LogP contribution is -2.21. The first-order valence-electron chi connectivity index (χ1n) is 9.52. The quantitative estimate of drug-likeness (QED) is 0.664. The van der Waals surface area contributed by atoms with Gasteiger partial charge in [0.05, 0.1) is 0 Å². The number of carbonyl (C=O) groups excluding carboxylic acids is 1.